The number of anilines is 6. The molecule has 16 aromatic rings. The molecule has 0 saturated carbocycles. The standard InChI is InChI=1S/C74H48N2O2/c1-45-41-51-37-40-62(76(54-29-13-6-14-30-54)64-36-20-34-58-70-56-32-18-16-26-50(56)44-60(74(70)78-72(58)64)48-23-9-4-10-24-48)66-46(2)42-52-38-39-61(65(45)67(52)68(51)66)75(53-27-11-5-12-28-53)63-35-19-33-57-69-55-31-17-15-25-49(55)43-59(73(69)77-71(57)63)47-21-7-3-8-22-47/h3-44H,1-2H3. The molecule has 0 saturated heterocycles. The van der Waals surface area contributed by atoms with Crippen molar-refractivity contribution in [3.05, 3.63) is 266 Å². The average Bonchev–Trinajstić information content (AvgIpc) is 4.24. The van der Waals surface area contributed by atoms with Crippen LogP contribution in [0.15, 0.2) is 264 Å². The van der Waals surface area contributed by atoms with Crippen molar-refractivity contribution in [2.45, 2.75) is 13.8 Å². The molecule has 16 rings (SSSR count). The first kappa shape index (κ1) is 44.2. The SMILES string of the molecule is Cc1cc2ccc(N(c3ccccc3)c3cccc4c3oc3c(-c5ccccc5)cc5ccccc5c34)c3c(C)cc4ccc(N(c5ccccc5)c5cccc6c5oc5c(-c7ccccc7)cc7ccccc7c56)c1c4c23. The van der Waals surface area contributed by atoms with Crippen molar-refractivity contribution in [3.8, 4) is 22.3 Å². The summed E-state index contributed by atoms with van der Waals surface area (Å²) in [6.07, 6.45) is 0. The van der Waals surface area contributed by atoms with E-state index in [4.69, 9.17) is 8.83 Å². The topological polar surface area (TPSA) is 32.8 Å². The van der Waals surface area contributed by atoms with Crippen LogP contribution in [0.2, 0.25) is 0 Å². The van der Waals surface area contributed by atoms with Crippen LogP contribution in [-0.2, 0) is 0 Å². The molecule has 0 radical (unpaired) electrons. The number of nitrogens with zero attached hydrogens (tertiary/aromatic N) is 2. The third-order valence-electron chi connectivity index (χ3n) is 16.3. The molecule has 0 aliphatic rings. The molecule has 0 aliphatic heterocycles. The Labute approximate surface area is 450 Å². The minimum atomic E-state index is 0.841. The molecule has 78 heavy (non-hydrogen) atoms. The van der Waals surface area contributed by atoms with Gasteiger partial charge in [-0.2, -0.15) is 0 Å². The zero-order chi connectivity index (χ0) is 51.6. The number of rotatable bonds is 8. The van der Waals surface area contributed by atoms with Gasteiger partial charge in [-0.15, -0.1) is 0 Å². The molecular weight excluding hydrogens is 949 g/mol. The number of fused-ring (bicyclic) bond motifs is 10. The molecular formula is C74H48N2O2. The van der Waals surface area contributed by atoms with Crippen LogP contribution in [-0.4, -0.2) is 0 Å². The van der Waals surface area contributed by atoms with Crippen molar-refractivity contribution in [2.24, 2.45) is 0 Å². The number of benzene rings is 14. The first-order valence-electron chi connectivity index (χ1n) is 26.8. The maximum atomic E-state index is 7.34. The molecule has 0 unspecified atom stereocenters. The fraction of sp³-hybridized carbons (Fsp3) is 0.0270. The number of furan rings is 2. The lowest BCUT2D eigenvalue weighted by molar-refractivity contribution is 0.670. The summed E-state index contributed by atoms with van der Waals surface area (Å²) in [5.74, 6) is 0. The third kappa shape index (κ3) is 6.53. The smallest absolute Gasteiger partial charge is 0.159 e. The zero-order valence-corrected chi connectivity index (χ0v) is 43.0. The van der Waals surface area contributed by atoms with E-state index in [1.807, 2.05) is 0 Å². The van der Waals surface area contributed by atoms with E-state index in [9.17, 15) is 0 Å². The van der Waals surface area contributed by atoms with Gasteiger partial charge in [0.05, 0.1) is 22.7 Å². The summed E-state index contributed by atoms with van der Waals surface area (Å²) in [6.45, 7) is 4.55. The summed E-state index contributed by atoms with van der Waals surface area (Å²) in [7, 11) is 0. The van der Waals surface area contributed by atoms with Crippen molar-refractivity contribution < 1.29 is 8.83 Å². The second-order valence-electron chi connectivity index (χ2n) is 20.8. The maximum absolute atomic E-state index is 7.34. The van der Waals surface area contributed by atoms with Crippen LogP contribution in [0.5, 0.6) is 0 Å². The Bertz CT molecular complexity index is 4720. The second kappa shape index (κ2) is 17.2. The minimum Gasteiger partial charge on any atom is -0.453 e. The Morgan fingerprint density at radius 2 is 0.628 bits per heavy atom. The minimum absolute atomic E-state index is 0.841. The molecule has 0 spiro atoms. The van der Waals surface area contributed by atoms with E-state index < -0.39 is 0 Å². The largest absolute Gasteiger partial charge is 0.453 e. The lowest BCUT2D eigenvalue weighted by Crippen LogP contribution is -2.12. The van der Waals surface area contributed by atoms with Crippen molar-refractivity contribution in [1.29, 1.82) is 0 Å². The van der Waals surface area contributed by atoms with Gasteiger partial charge in [0, 0.05) is 54.8 Å². The Morgan fingerprint density at radius 3 is 1.05 bits per heavy atom. The van der Waals surface area contributed by atoms with E-state index in [1.165, 1.54) is 65.0 Å². The van der Waals surface area contributed by atoms with E-state index >= 15 is 0 Å². The predicted octanol–water partition coefficient (Wildman–Crippen LogP) is 21.6. The summed E-state index contributed by atoms with van der Waals surface area (Å²) in [4.78, 5) is 4.85. The normalized spacial score (nSPS) is 12.0. The first-order chi connectivity index (χ1) is 38.6. The molecule has 0 bridgehead atoms. The highest BCUT2D eigenvalue weighted by Crippen LogP contribution is 2.53. The predicted molar refractivity (Wildman–Crippen MR) is 329 cm³/mol. The van der Waals surface area contributed by atoms with Crippen LogP contribution in [0.3, 0.4) is 0 Å². The van der Waals surface area contributed by atoms with Gasteiger partial charge in [-0.1, -0.05) is 194 Å². The van der Waals surface area contributed by atoms with Crippen LogP contribution in [0.25, 0.3) is 120 Å². The van der Waals surface area contributed by atoms with Crippen LogP contribution < -0.4 is 9.80 Å². The zero-order valence-electron chi connectivity index (χ0n) is 43.0. The van der Waals surface area contributed by atoms with Gasteiger partial charge in [0.2, 0.25) is 0 Å². The Morgan fingerprint density at radius 1 is 0.256 bits per heavy atom. The number of aryl methyl sites for hydroxylation is 2. The van der Waals surface area contributed by atoms with E-state index in [-0.39, 0.29) is 0 Å². The molecule has 0 aliphatic carbocycles. The molecule has 366 valence electrons. The van der Waals surface area contributed by atoms with Gasteiger partial charge in [0.15, 0.2) is 11.2 Å². The summed E-state index contributed by atoms with van der Waals surface area (Å²) >= 11 is 0. The summed E-state index contributed by atoms with van der Waals surface area (Å²) in [6, 6.07) is 92.1. The van der Waals surface area contributed by atoms with E-state index in [2.05, 4.69) is 278 Å². The molecule has 2 heterocycles. The summed E-state index contributed by atoms with van der Waals surface area (Å²) in [5, 5.41) is 16.4. The van der Waals surface area contributed by atoms with Gasteiger partial charge < -0.3 is 18.6 Å². The molecule has 14 aromatic carbocycles. The van der Waals surface area contributed by atoms with Crippen molar-refractivity contribution in [3.63, 3.8) is 0 Å². The Hall–Kier alpha value is -10.2. The van der Waals surface area contributed by atoms with Crippen molar-refractivity contribution in [1.82, 2.24) is 0 Å². The quantitative estimate of drug-likeness (QED) is 0.142. The van der Waals surface area contributed by atoms with Crippen molar-refractivity contribution >= 4 is 132 Å². The number of hydrogen-bond acceptors (Lipinski definition) is 4. The highest BCUT2D eigenvalue weighted by Gasteiger charge is 2.29. The summed E-state index contributed by atoms with van der Waals surface area (Å²) in [5.41, 5.74) is 16.4. The highest BCUT2D eigenvalue weighted by atomic mass is 16.3. The number of hydrogen-bond donors (Lipinski definition) is 0. The molecule has 0 amide bonds. The van der Waals surface area contributed by atoms with Crippen LogP contribution in [0, 0.1) is 13.8 Å². The number of para-hydroxylation sites is 4. The maximum Gasteiger partial charge on any atom is 0.159 e. The van der Waals surface area contributed by atoms with Gasteiger partial charge >= 0.3 is 0 Å². The van der Waals surface area contributed by atoms with Gasteiger partial charge in [0.25, 0.3) is 0 Å². The Balaban J connectivity index is 0.961. The fourth-order valence-electron chi connectivity index (χ4n) is 13.0. The summed E-state index contributed by atoms with van der Waals surface area (Å²) < 4.78 is 14.7. The first-order valence-corrected chi connectivity index (χ1v) is 26.8. The second-order valence-corrected chi connectivity index (χ2v) is 20.8. The molecule has 2 aromatic heterocycles. The molecule has 0 atom stereocenters. The molecule has 0 N–H and O–H groups in total. The highest BCUT2D eigenvalue weighted by molar-refractivity contribution is 6.31. The molecule has 4 nitrogen and oxygen atoms in total. The van der Waals surface area contributed by atoms with Gasteiger partial charge in [-0.05, 0) is 140 Å². The lowest BCUT2D eigenvalue weighted by Gasteiger charge is -2.30. The third-order valence-corrected chi connectivity index (χ3v) is 16.3. The van der Waals surface area contributed by atoms with Gasteiger partial charge in [-0.25, -0.2) is 0 Å². The van der Waals surface area contributed by atoms with Crippen LogP contribution in [0.1, 0.15) is 11.1 Å². The average molecular weight is 997 g/mol. The van der Waals surface area contributed by atoms with Gasteiger partial charge in [-0.3, -0.25) is 0 Å². The fourth-order valence-corrected chi connectivity index (χ4v) is 13.0. The Kier molecular flexibility index (Phi) is 9.73. The van der Waals surface area contributed by atoms with Crippen LogP contribution in [0.4, 0.5) is 34.1 Å². The lowest BCUT2D eigenvalue weighted by atomic mass is 9.87. The van der Waals surface area contributed by atoms with E-state index in [0.717, 1.165) is 100 Å². The van der Waals surface area contributed by atoms with Gasteiger partial charge in [0.1, 0.15) is 11.2 Å². The van der Waals surface area contributed by atoms with Crippen molar-refractivity contribution in [2.75, 3.05) is 9.80 Å². The molecule has 4 heteroatoms. The van der Waals surface area contributed by atoms with E-state index in [1.54, 1.807) is 0 Å². The monoisotopic (exact) mass is 996 g/mol. The van der Waals surface area contributed by atoms with E-state index in [0.29, 0.717) is 0 Å². The molecule has 0 fully saturated rings. The van der Waals surface area contributed by atoms with Crippen LogP contribution >= 0.6 is 0 Å².